The molecule has 9 nitrogen and oxygen atoms in total. The number of morpholine rings is 1. The molecule has 0 spiro atoms. The van der Waals surface area contributed by atoms with Crippen molar-refractivity contribution in [3.63, 3.8) is 0 Å². The number of carbonyl (C=O) groups is 1. The Bertz CT molecular complexity index is 1260. The second-order valence-corrected chi connectivity index (χ2v) is 9.92. The lowest BCUT2D eigenvalue weighted by Gasteiger charge is -2.26. The molecule has 5 rings (SSSR count). The molecule has 35 heavy (non-hydrogen) atoms. The van der Waals surface area contributed by atoms with E-state index in [4.69, 9.17) is 9.15 Å². The standard InChI is InChI=1S/C24H26N6O3S2/c1-17-5-2-3-6-19(17)30-22(20-7-4-12-33-20)27-28-24(30)35-16-21-26-18(15-34-21)23(31)25-8-9-29-10-13-32-14-11-29/h2-7,12,15H,8-11,13-14,16H2,1H3,(H,25,31). The van der Waals surface area contributed by atoms with Crippen molar-refractivity contribution >= 4 is 29.0 Å². The maximum absolute atomic E-state index is 12.5. The zero-order chi connectivity index (χ0) is 24.0. The largest absolute Gasteiger partial charge is 0.461 e. The second-order valence-electron chi connectivity index (χ2n) is 8.03. The summed E-state index contributed by atoms with van der Waals surface area (Å²) < 4.78 is 13.0. The number of furan rings is 1. The molecule has 182 valence electrons. The third kappa shape index (κ3) is 5.64. The summed E-state index contributed by atoms with van der Waals surface area (Å²) in [6, 6.07) is 11.8. The van der Waals surface area contributed by atoms with Crippen LogP contribution < -0.4 is 5.32 Å². The molecule has 1 fully saturated rings. The molecule has 0 atom stereocenters. The number of amides is 1. The van der Waals surface area contributed by atoms with Crippen LogP contribution in [0.1, 0.15) is 21.1 Å². The first-order valence-electron chi connectivity index (χ1n) is 11.4. The van der Waals surface area contributed by atoms with E-state index < -0.39 is 0 Å². The molecule has 0 bridgehead atoms. The maximum atomic E-state index is 12.5. The third-order valence-corrected chi connectivity index (χ3v) is 7.63. The molecule has 3 aromatic heterocycles. The van der Waals surface area contributed by atoms with E-state index in [9.17, 15) is 4.79 Å². The van der Waals surface area contributed by atoms with Crippen LogP contribution in [0.2, 0.25) is 0 Å². The van der Waals surface area contributed by atoms with Crippen LogP contribution in [0.4, 0.5) is 0 Å². The van der Waals surface area contributed by atoms with E-state index in [0.29, 0.717) is 29.6 Å². The number of thiazole rings is 1. The van der Waals surface area contributed by atoms with Gasteiger partial charge in [-0.2, -0.15) is 0 Å². The van der Waals surface area contributed by atoms with Gasteiger partial charge in [-0.15, -0.1) is 21.5 Å². The molecule has 1 aliphatic rings. The molecule has 1 aliphatic heterocycles. The smallest absolute Gasteiger partial charge is 0.270 e. The van der Waals surface area contributed by atoms with Gasteiger partial charge in [-0.3, -0.25) is 14.3 Å². The highest BCUT2D eigenvalue weighted by Crippen LogP contribution is 2.31. The number of rotatable bonds is 9. The molecule has 1 aromatic carbocycles. The first-order chi connectivity index (χ1) is 17.2. The predicted octanol–water partition coefficient (Wildman–Crippen LogP) is 3.65. The Balaban J connectivity index is 1.25. The molecule has 11 heteroatoms. The molecule has 0 aliphatic carbocycles. The Morgan fingerprint density at radius 1 is 1.17 bits per heavy atom. The van der Waals surface area contributed by atoms with E-state index in [-0.39, 0.29) is 5.91 Å². The number of nitrogens with one attached hydrogen (secondary N) is 1. The summed E-state index contributed by atoms with van der Waals surface area (Å²) in [7, 11) is 0. The van der Waals surface area contributed by atoms with Crippen LogP contribution >= 0.6 is 23.1 Å². The van der Waals surface area contributed by atoms with Crippen LogP contribution in [0.3, 0.4) is 0 Å². The summed E-state index contributed by atoms with van der Waals surface area (Å²) in [5, 5.41) is 15.2. The van der Waals surface area contributed by atoms with E-state index in [0.717, 1.165) is 54.3 Å². The Morgan fingerprint density at radius 2 is 2.03 bits per heavy atom. The minimum absolute atomic E-state index is 0.144. The van der Waals surface area contributed by atoms with Crippen LogP contribution in [0, 0.1) is 6.92 Å². The Labute approximate surface area is 211 Å². The number of carbonyl (C=O) groups excluding carboxylic acids is 1. The molecule has 4 aromatic rings. The number of thioether (sulfide) groups is 1. The van der Waals surface area contributed by atoms with E-state index in [2.05, 4.69) is 38.4 Å². The first-order valence-corrected chi connectivity index (χ1v) is 13.3. The minimum Gasteiger partial charge on any atom is -0.461 e. The highest BCUT2D eigenvalue weighted by Gasteiger charge is 2.20. The number of hydrogen-bond donors (Lipinski definition) is 1. The van der Waals surface area contributed by atoms with E-state index >= 15 is 0 Å². The Hall–Kier alpha value is -2.99. The van der Waals surface area contributed by atoms with Gasteiger partial charge in [0.2, 0.25) is 5.82 Å². The normalized spacial score (nSPS) is 14.3. The van der Waals surface area contributed by atoms with Crippen LogP contribution in [0.5, 0.6) is 0 Å². The number of nitrogens with zero attached hydrogens (tertiary/aromatic N) is 5. The summed E-state index contributed by atoms with van der Waals surface area (Å²) in [6.45, 7) is 6.78. The average Bonchev–Trinajstić information content (AvgIpc) is 3.64. The highest BCUT2D eigenvalue weighted by molar-refractivity contribution is 7.98. The van der Waals surface area contributed by atoms with E-state index in [1.165, 1.54) is 23.1 Å². The number of benzene rings is 1. The molecule has 1 saturated heterocycles. The Kier molecular flexibility index (Phi) is 7.57. The molecular formula is C24H26N6O3S2. The Morgan fingerprint density at radius 3 is 2.83 bits per heavy atom. The number of aromatic nitrogens is 4. The average molecular weight is 511 g/mol. The summed E-state index contributed by atoms with van der Waals surface area (Å²) in [4.78, 5) is 19.4. The summed E-state index contributed by atoms with van der Waals surface area (Å²) >= 11 is 3.00. The van der Waals surface area contributed by atoms with Gasteiger partial charge in [0.25, 0.3) is 5.91 Å². The van der Waals surface area contributed by atoms with Gasteiger partial charge < -0.3 is 14.5 Å². The van der Waals surface area contributed by atoms with Gasteiger partial charge >= 0.3 is 0 Å². The molecular weight excluding hydrogens is 484 g/mol. The quantitative estimate of drug-likeness (QED) is 0.341. The monoisotopic (exact) mass is 510 g/mol. The highest BCUT2D eigenvalue weighted by atomic mass is 32.2. The van der Waals surface area contributed by atoms with Crippen molar-refractivity contribution in [2.45, 2.75) is 17.8 Å². The van der Waals surface area contributed by atoms with Crippen molar-refractivity contribution in [2.24, 2.45) is 0 Å². The fourth-order valence-corrected chi connectivity index (χ4v) is 5.55. The number of aryl methyl sites for hydroxylation is 1. The summed E-state index contributed by atoms with van der Waals surface area (Å²) in [5.41, 5.74) is 2.54. The van der Waals surface area contributed by atoms with Gasteiger partial charge in [-0.25, -0.2) is 4.98 Å². The van der Waals surface area contributed by atoms with E-state index in [1.807, 2.05) is 34.9 Å². The van der Waals surface area contributed by atoms with E-state index in [1.54, 1.807) is 11.6 Å². The van der Waals surface area contributed by atoms with Crippen LogP contribution in [-0.4, -0.2) is 69.9 Å². The van der Waals surface area contributed by atoms with Crippen LogP contribution in [0.15, 0.2) is 57.6 Å². The minimum atomic E-state index is -0.144. The van der Waals surface area contributed by atoms with Gasteiger partial charge in [0.15, 0.2) is 10.9 Å². The van der Waals surface area contributed by atoms with Gasteiger partial charge in [0, 0.05) is 31.6 Å². The zero-order valence-corrected chi connectivity index (χ0v) is 21.0. The molecule has 0 unspecified atom stereocenters. The van der Waals surface area contributed by atoms with Crippen molar-refractivity contribution in [1.29, 1.82) is 0 Å². The summed E-state index contributed by atoms with van der Waals surface area (Å²) in [5.74, 6) is 1.73. The lowest BCUT2D eigenvalue weighted by molar-refractivity contribution is 0.0383. The van der Waals surface area contributed by atoms with Crippen molar-refractivity contribution in [3.8, 4) is 17.3 Å². The zero-order valence-electron chi connectivity index (χ0n) is 19.3. The lowest BCUT2D eigenvalue weighted by atomic mass is 10.2. The van der Waals surface area contributed by atoms with Gasteiger partial charge in [0.1, 0.15) is 10.7 Å². The number of hydrogen-bond acceptors (Lipinski definition) is 9. The predicted molar refractivity (Wildman–Crippen MR) is 135 cm³/mol. The topological polar surface area (TPSA) is 98.3 Å². The molecule has 0 saturated carbocycles. The fourth-order valence-electron chi connectivity index (χ4n) is 3.81. The van der Waals surface area contributed by atoms with Gasteiger partial charge in [-0.1, -0.05) is 30.0 Å². The van der Waals surface area contributed by atoms with Gasteiger partial charge in [0.05, 0.1) is 30.9 Å². The number of para-hydroxylation sites is 1. The van der Waals surface area contributed by atoms with Crippen molar-refractivity contribution in [3.05, 3.63) is 64.3 Å². The fraction of sp³-hybridized carbons (Fsp3) is 0.333. The van der Waals surface area contributed by atoms with Crippen molar-refractivity contribution in [1.82, 2.24) is 30.0 Å². The molecule has 4 heterocycles. The van der Waals surface area contributed by atoms with Crippen LogP contribution in [-0.2, 0) is 10.5 Å². The van der Waals surface area contributed by atoms with Crippen molar-refractivity contribution < 1.29 is 13.9 Å². The molecule has 1 amide bonds. The number of ether oxygens (including phenoxy) is 1. The first kappa shape index (κ1) is 23.7. The van der Waals surface area contributed by atoms with Crippen molar-refractivity contribution in [2.75, 3.05) is 39.4 Å². The van der Waals surface area contributed by atoms with Crippen LogP contribution in [0.25, 0.3) is 17.3 Å². The SMILES string of the molecule is Cc1ccccc1-n1c(SCc2nc(C(=O)NCCN3CCOCC3)cs2)nnc1-c1ccco1. The maximum Gasteiger partial charge on any atom is 0.270 e. The third-order valence-electron chi connectivity index (χ3n) is 5.66. The second kappa shape index (κ2) is 11.2. The molecule has 0 radical (unpaired) electrons. The van der Waals surface area contributed by atoms with Gasteiger partial charge in [-0.05, 0) is 30.7 Å². The lowest BCUT2D eigenvalue weighted by Crippen LogP contribution is -2.41. The molecule has 1 N–H and O–H groups in total. The summed E-state index contributed by atoms with van der Waals surface area (Å²) in [6.07, 6.45) is 1.63.